The van der Waals surface area contributed by atoms with Crippen molar-refractivity contribution in [3.05, 3.63) is 139 Å². The van der Waals surface area contributed by atoms with Crippen LogP contribution in [0.1, 0.15) is 0 Å². The van der Waals surface area contributed by atoms with Gasteiger partial charge in [0.25, 0.3) is 0 Å². The SMILES string of the molecule is Brc1ccc2c(c1)Sc1cc(Br)ccc1S2.Brc1ccc2c(c1)Sc1ccc(Br)cc1S2.c1ccc2c(c1)Sc1ccccc1S2. The first-order chi connectivity index (χ1) is 22.4. The van der Waals surface area contributed by atoms with Gasteiger partial charge in [0.2, 0.25) is 0 Å². The van der Waals surface area contributed by atoms with E-state index in [0.29, 0.717) is 0 Å². The van der Waals surface area contributed by atoms with E-state index in [-0.39, 0.29) is 0 Å². The van der Waals surface area contributed by atoms with Gasteiger partial charge >= 0.3 is 0 Å². The molecule has 0 amide bonds. The van der Waals surface area contributed by atoms with Crippen LogP contribution in [0.5, 0.6) is 0 Å². The van der Waals surface area contributed by atoms with Crippen molar-refractivity contribution in [3.8, 4) is 0 Å². The van der Waals surface area contributed by atoms with Crippen molar-refractivity contribution in [1.29, 1.82) is 0 Å². The van der Waals surface area contributed by atoms with Crippen LogP contribution in [0.15, 0.2) is 198 Å². The number of hydrogen-bond acceptors (Lipinski definition) is 6. The summed E-state index contributed by atoms with van der Waals surface area (Å²) in [5.74, 6) is 0. The minimum absolute atomic E-state index is 1.14. The predicted octanol–water partition coefficient (Wildman–Crippen LogP) is 16.0. The first kappa shape index (κ1) is 33.8. The largest absolute Gasteiger partial charge is 0.0877 e. The number of benzene rings is 6. The van der Waals surface area contributed by atoms with Gasteiger partial charge in [0.1, 0.15) is 0 Å². The highest BCUT2D eigenvalue weighted by atomic mass is 79.9. The van der Waals surface area contributed by atoms with E-state index in [0.717, 1.165) is 17.9 Å². The Labute approximate surface area is 328 Å². The van der Waals surface area contributed by atoms with Crippen molar-refractivity contribution >= 4 is 134 Å². The number of halogens is 4. The highest BCUT2D eigenvalue weighted by Gasteiger charge is 2.19. The molecule has 0 bridgehead atoms. The van der Waals surface area contributed by atoms with Crippen LogP contribution in [0, 0.1) is 0 Å². The molecule has 0 aromatic heterocycles. The summed E-state index contributed by atoms with van der Waals surface area (Å²) in [6.07, 6.45) is 0. The maximum atomic E-state index is 3.51. The Hall–Kier alpha value is -0.660. The lowest BCUT2D eigenvalue weighted by atomic mass is 10.3. The number of hydrogen-bond donors (Lipinski definition) is 0. The van der Waals surface area contributed by atoms with Gasteiger partial charge in [-0.15, -0.1) is 0 Å². The molecule has 46 heavy (non-hydrogen) atoms. The molecule has 0 saturated carbocycles. The maximum absolute atomic E-state index is 3.51. The minimum Gasteiger partial charge on any atom is -0.0877 e. The number of fused-ring (bicyclic) bond motifs is 6. The Morgan fingerprint density at radius 1 is 0.239 bits per heavy atom. The molecule has 0 nitrogen and oxygen atoms in total. The van der Waals surface area contributed by atoms with Crippen molar-refractivity contribution in [2.75, 3.05) is 0 Å². The van der Waals surface area contributed by atoms with Gasteiger partial charge in [-0.3, -0.25) is 0 Å². The third-order valence-corrected chi connectivity index (χ3v) is 16.2. The third kappa shape index (κ3) is 8.20. The molecule has 9 rings (SSSR count). The van der Waals surface area contributed by atoms with E-state index in [9.17, 15) is 0 Å². The molecule has 6 aromatic rings. The molecule has 0 fully saturated rings. The number of rotatable bonds is 0. The maximum Gasteiger partial charge on any atom is 0.0273 e. The molecule has 0 unspecified atom stereocenters. The molecule has 0 saturated heterocycles. The highest BCUT2D eigenvalue weighted by molar-refractivity contribution is 9.11. The van der Waals surface area contributed by atoms with Crippen LogP contribution in [-0.2, 0) is 0 Å². The molecule has 3 heterocycles. The average molecular weight is 965 g/mol. The highest BCUT2D eigenvalue weighted by Crippen LogP contribution is 2.51. The Bertz CT molecular complexity index is 1890. The molecular formula is C36H20Br4S6. The molecule has 0 atom stereocenters. The summed E-state index contributed by atoms with van der Waals surface area (Å²) >= 11 is 25.1. The van der Waals surface area contributed by atoms with Gasteiger partial charge < -0.3 is 0 Å². The van der Waals surface area contributed by atoms with Crippen LogP contribution in [0.3, 0.4) is 0 Å². The zero-order valence-electron chi connectivity index (χ0n) is 23.5. The molecule has 0 aliphatic carbocycles. The molecule has 3 aliphatic heterocycles. The predicted molar refractivity (Wildman–Crippen MR) is 214 cm³/mol. The van der Waals surface area contributed by atoms with Crippen LogP contribution in [0.25, 0.3) is 0 Å². The molecule has 3 aliphatic rings. The first-order valence-corrected chi connectivity index (χ1v) is 21.9. The van der Waals surface area contributed by atoms with Gasteiger partial charge in [-0.25, -0.2) is 0 Å². The normalized spacial score (nSPS) is 13.1. The topological polar surface area (TPSA) is 0 Å². The van der Waals surface area contributed by atoms with Crippen LogP contribution in [0.4, 0.5) is 0 Å². The summed E-state index contributed by atoms with van der Waals surface area (Å²) in [5, 5.41) is 0. The first-order valence-electron chi connectivity index (χ1n) is 13.8. The van der Waals surface area contributed by atoms with Gasteiger partial charge in [-0.2, -0.15) is 0 Å². The molecule has 228 valence electrons. The summed E-state index contributed by atoms with van der Waals surface area (Å²) < 4.78 is 4.55. The van der Waals surface area contributed by atoms with Gasteiger partial charge in [0, 0.05) is 76.6 Å². The zero-order valence-corrected chi connectivity index (χ0v) is 34.8. The average Bonchev–Trinajstić information content (AvgIpc) is 3.06. The van der Waals surface area contributed by atoms with E-state index in [4.69, 9.17) is 0 Å². The van der Waals surface area contributed by atoms with Crippen molar-refractivity contribution in [1.82, 2.24) is 0 Å². The lowest BCUT2D eigenvalue weighted by Crippen LogP contribution is -1.89. The minimum atomic E-state index is 1.14. The summed E-state index contributed by atoms with van der Waals surface area (Å²) in [4.78, 5) is 16.1. The monoisotopic (exact) mass is 960 g/mol. The fourth-order valence-electron chi connectivity index (χ4n) is 4.53. The fourth-order valence-corrected chi connectivity index (χ4v) is 13.4. The van der Waals surface area contributed by atoms with E-state index >= 15 is 0 Å². The van der Waals surface area contributed by atoms with Gasteiger partial charge in [0.15, 0.2) is 0 Å². The van der Waals surface area contributed by atoms with E-state index in [1.807, 2.05) is 70.6 Å². The molecule has 0 radical (unpaired) electrons. The van der Waals surface area contributed by atoms with Crippen LogP contribution in [0.2, 0.25) is 0 Å². The smallest absolute Gasteiger partial charge is 0.0273 e. The second-order valence-electron chi connectivity index (χ2n) is 9.87. The Balaban J connectivity index is 0.000000110. The molecule has 0 N–H and O–H groups in total. The Morgan fingerprint density at radius 3 is 0.696 bits per heavy atom. The van der Waals surface area contributed by atoms with E-state index < -0.39 is 0 Å². The lowest BCUT2D eigenvalue weighted by molar-refractivity contribution is 1.15. The van der Waals surface area contributed by atoms with E-state index in [2.05, 4.69) is 185 Å². The quantitative estimate of drug-likeness (QED) is 0.147. The summed E-state index contributed by atoms with van der Waals surface area (Å²) in [5.41, 5.74) is 0. The molecular weight excluding hydrogens is 944 g/mol. The van der Waals surface area contributed by atoms with Gasteiger partial charge in [-0.05, 0) is 97.1 Å². The fraction of sp³-hybridized carbons (Fsp3) is 0. The van der Waals surface area contributed by atoms with Crippen LogP contribution >= 0.6 is 134 Å². The van der Waals surface area contributed by atoms with Crippen molar-refractivity contribution in [3.63, 3.8) is 0 Å². The Kier molecular flexibility index (Phi) is 11.4. The van der Waals surface area contributed by atoms with E-state index in [1.54, 1.807) is 0 Å². The standard InChI is InChI=1S/2C12H6Br2S2.C12H8S2/c13-7-1-3-9-11(5-7)16-10-4-2-8(14)6-12(10)15-9;13-7-1-3-9-11(5-7)16-12-6-8(14)2-4-10(12)15-9;1-2-6-10-9(5-1)13-11-7-3-4-8-12(11)14-10/h2*1-6H;1-8H. The molecule has 10 heteroatoms. The summed E-state index contributed by atoms with van der Waals surface area (Å²) in [6.45, 7) is 0. The second kappa shape index (κ2) is 15.5. The van der Waals surface area contributed by atoms with Gasteiger partial charge in [0.05, 0.1) is 0 Å². The van der Waals surface area contributed by atoms with E-state index in [1.165, 1.54) is 58.7 Å². The molecule has 6 aromatic carbocycles. The second-order valence-corrected chi connectivity index (χ2v) is 20.0. The summed E-state index contributed by atoms with van der Waals surface area (Å²) in [7, 11) is 0. The third-order valence-electron chi connectivity index (χ3n) is 6.64. The summed E-state index contributed by atoms with van der Waals surface area (Å²) in [6, 6.07) is 42.9. The van der Waals surface area contributed by atoms with Crippen molar-refractivity contribution < 1.29 is 0 Å². The Morgan fingerprint density at radius 2 is 0.435 bits per heavy atom. The van der Waals surface area contributed by atoms with Crippen molar-refractivity contribution in [2.24, 2.45) is 0 Å². The van der Waals surface area contributed by atoms with Crippen LogP contribution < -0.4 is 0 Å². The lowest BCUT2D eigenvalue weighted by Gasteiger charge is -2.18. The van der Waals surface area contributed by atoms with Crippen molar-refractivity contribution in [2.45, 2.75) is 58.7 Å². The molecule has 0 spiro atoms. The van der Waals surface area contributed by atoms with Gasteiger partial charge in [-0.1, -0.05) is 159 Å². The zero-order chi connectivity index (χ0) is 31.6. The van der Waals surface area contributed by atoms with Crippen LogP contribution in [-0.4, -0.2) is 0 Å².